The maximum absolute atomic E-state index is 12.6. The summed E-state index contributed by atoms with van der Waals surface area (Å²) >= 11 is 2.90. The number of carbonyl (C=O) groups is 1. The van der Waals surface area contributed by atoms with Crippen LogP contribution in [0.2, 0.25) is 0 Å². The van der Waals surface area contributed by atoms with Crippen molar-refractivity contribution in [3.05, 3.63) is 108 Å². The minimum Gasteiger partial charge on any atom is -0.295 e. The number of benzene rings is 2. The lowest BCUT2D eigenvalue weighted by atomic mass is 10.1. The van der Waals surface area contributed by atoms with Gasteiger partial charge in [0.2, 0.25) is 0 Å². The third-order valence-corrected chi connectivity index (χ3v) is 4.51. The van der Waals surface area contributed by atoms with Gasteiger partial charge in [-0.1, -0.05) is 42.5 Å². The molecule has 0 aliphatic rings. The Morgan fingerprint density at radius 1 is 1.04 bits per heavy atom. The molecule has 3 rings (SSSR count). The fourth-order valence-corrected chi connectivity index (χ4v) is 2.90. The highest BCUT2D eigenvalue weighted by Gasteiger charge is 2.18. The quantitative estimate of drug-likeness (QED) is 0.351. The van der Waals surface area contributed by atoms with E-state index in [1.807, 2.05) is 0 Å². The van der Waals surface area contributed by atoms with E-state index in [-0.39, 0.29) is 17.8 Å². The lowest BCUT2D eigenvalue weighted by Gasteiger charge is -2.09. The molecule has 3 aromatic rings. The molecule has 0 radical (unpaired) electrons. The summed E-state index contributed by atoms with van der Waals surface area (Å²) in [4.78, 5) is 47.5. The van der Waals surface area contributed by atoms with Crippen LogP contribution in [0.15, 0.2) is 70.4 Å². The van der Waals surface area contributed by atoms with Crippen LogP contribution in [0.3, 0.4) is 0 Å². The van der Waals surface area contributed by atoms with Gasteiger partial charge in [-0.3, -0.25) is 24.3 Å². The number of nitro groups is 1. The molecule has 0 aliphatic heterocycles. The number of halogens is 1. The molecule has 0 atom stereocenters. The van der Waals surface area contributed by atoms with Crippen molar-refractivity contribution in [1.29, 1.82) is 0 Å². The zero-order valence-electron chi connectivity index (χ0n) is 13.7. The average Bonchev–Trinajstić information content (AvgIpc) is 2.69. The molecular formula is C18H12BrN3O5. The smallest absolute Gasteiger partial charge is 0.295 e. The largest absolute Gasteiger partial charge is 0.341 e. The third-order valence-electron chi connectivity index (χ3n) is 3.89. The lowest BCUT2D eigenvalue weighted by Crippen LogP contribution is -2.38. The van der Waals surface area contributed by atoms with E-state index in [2.05, 4.69) is 16.1 Å². The monoisotopic (exact) mass is 429 g/mol. The summed E-state index contributed by atoms with van der Waals surface area (Å²) in [6.45, 7) is 0.0395. The Labute approximate surface area is 160 Å². The van der Waals surface area contributed by atoms with Gasteiger partial charge in [-0.05, 0) is 5.56 Å². The van der Waals surface area contributed by atoms with Gasteiger partial charge < -0.3 is 0 Å². The summed E-state index contributed by atoms with van der Waals surface area (Å²) in [5, 5.41) is 10.7. The van der Waals surface area contributed by atoms with E-state index in [4.69, 9.17) is 0 Å². The van der Waals surface area contributed by atoms with Gasteiger partial charge in [0.05, 0.1) is 27.6 Å². The van der Waals surface area contributed by atoms with Crippen LogP contribution >= 0.6 is 16.1 Å². The van der Waals surface area contributed by atoms with E-state index < -0.39 is 22.0 Å². The van der Waals surface area contributed by atoms with Crippen molar-refractivity contribution in [2.75, 3.05) is 0 Å². The molecule has 1 heterocycles. The number of nitro benzene ring substituents is 1. The SMILES string of the molecule is O=C(c1ccccc1)c1cn(Cc2ccc([N+](=O)[O-])cc2)c(=O)n(Br)c1=O. The van der Waals surface area contributed by atoms with Crippen molar-refractivity contribution >= 4 is 27.6 Å². The van der Waals surface area contributed by atoms with Crippen LogP contribution in [0.5, 0.6) is 0 Å². The van der Waals surface area contributed by atoms with Gasteiger partial charge in [0, 0.05) is 23.9 Å². The molecule has 136 valence electrons. The van der Waals surface area contributed by atoms with Gasteiger partial charge in [0.15, 0.2) is 5.78 Å². The van der Waals surface area contributed by atoms with Crippen LogP contribution in [0.1, 0.15) is 21.5 Å². The molecule has 0 fully saturated rings. The fraction of sp³-hybridized carbons (Fsp3) is 0.0556. The number of aromatic nitrogens is 2. The third kappa shape index (κ3) is 3.77. The number of rotatable bonds is 5. The number of non-ortho nitro benzene ring substituents is 1. The normalized spacial score (nSPS) is 10.6. The van der Waals surface area contributed by atoms with E-state index in [0.29, 0.717) is 14.7 Å². The highest BCUT2D eigenvalue weighted by Crippen LogP contribution is 2.13. The maximum atomic E-state index is 12.6. The van der Waals surface area contributed by atoms with Crippen molar-refractivity contribution in [1.82, 2.24) is 8.16 Å². The first kappa shape index (κ1) is 18.5. The molecular weight excluding hydrogens is 418 g/mol. The number of hydrogen-bond acceptors (Lipinski definition) is 5. The zero-order valence-corrected chi connectivity index (χ0v) is 15.3. The number of nitrogens with zero attached hydrogens (tertiary/aromatic N) is 3. The second kappa shape index (κ2) is 7.50. The molecule has 0 aliphatic carbocycles. The minimum absolute atomic E-state index is 0.0395. The van der Waals surface area contributed by atoms with Crippen LogP contribution in [0, 0.1) is 10.1 Å². The van der Waals surface area contributed by atoms with Gasteiger partial charge in [-0.25, -0.2) is 4.79 Å². The molecule has 0 N–H and O–H groups in total. The van der Waals surface area contributed by atoms with Crippen LogP contribution in [-0.2, 0) is 6.54 Å². The Kier molecular flexibility index (Phi) is 5.13. The van der Waals surface area contributed by atoms with Crippen molar-refractivity contribution in [3.8, 4) is 0 Å². The molecule has 9 heteroatoms. The summed E-state index contributed by atoms with van der Waals surface area (Å²) in [6.07, 6.45) is 1.21. The van der Waals surface area contributed by atoms with E-state index in [1.54, 1.807) is 30.3 Å². The van der Waals surface area contributed by atoms with Gasteiger partial charge in [-0.15, -0.1) is 0 Å². The van der Waals surface area contributed by atoms with E-state index >= 15 is 0 Å². The standard InChI is InChI=1S/C18H12BrN3O5/c19-21-17(24)15(16(23)13-4-2-1-3-5-13)11-20(18(21)25)10-12-6-8-14(9-7-12)22(26)27/h1-9,11H,10H2. The summed E-state index contributed by atoms with van der Waals surface area (Å²) < 4.78 is 1.88. The van der Waals surface area contributed by atoms with E-state index in [9.17, 15) is 24.5 Å². The predicted octanol–water partition coefficient (Wildman–Crippen LogP) is 2.36. The minimum atomic E-state index is -0.756. The highest BCUT2D eigenvalue weighted by atomic mass is 79.9. The first-order chi connectivity index (χ1) is 12.9. The Balaban J connectivity index is 2.02. The molecule has 0 unspecified atom stereocenters. The van der Waals surface area contributed by atoms with Crippen molar-refractivity contribution in [2.24, 2.45) is 0 Å². The van der Waals surface area contributed by atoms with Crippen molar-refractivity contribution in [3.63, 3.8) is 0 Å². The molecule has 2 aromatic carbocycles. The first-order valence-corrected chi connectivity index (χ1v) is 8.45. The molecule has 0 bridgehead atoms. The molecule has 0 amide bonds. The molecule has 0 spiro atoms. The van der Waals surface area contributed by atoms with Crippen molar-refractivity contribution < 1.29 is 9.72 Å². The van der Waals surface area contributed by atoms with Gasteiger partial charge in [0.1, 0.15) is 5.56 Å². The van der Waals surface area contributed by atoms with E-state index in [0.717, 1.165) is 0 Å². The van der Waals surface area contributed by atoms with Gasteiger partial charge in [-0.2, -0.15) is 3.59 Å². The lowest BCUT2D eigenvalue weighted by molar-refractivity contribution is -0.384. The average molecular weight is 430 g/mol. The van der Waals surface area contributed by atoms with Crippen LogP contribution < -0.4 is 11.2 Å². The molecule has 1 aromatic heterocycles. The topological polar surface area (TPSA) is 104 Å². The number of ketones is 1. The maximum Gasteiger partial charge on any atom is 0.341 e. The highest BCUT2D eigenvalue weighted by molar-refractivity contribution is 9.08. The predicted molar refractivity (Wildman–Crippen MR) is 101 cm³/mol. The second-order valence-corrected chi connectivity index (χ2v) is 6.37. The Hall–Kier alpha value is -3.33. The first-order valence-electron chi connectivity index (χ1n) is 7.74. The molecule has 8 nitrogen and oxygen atoms in total. The number of carbonyl (C=O) groups excluding carboxylic acids is 1. The summed E-state index contributed by atoms with van der Waals surface area (Å²) in [5.41, 5.74) is -0.734. The molecule has 0 saturated heterocycles. The summed E-state index contributed by atoms with van der Waals surface area (Å²) in [7, 11) is 0. The van der Waals surface area contributed by atoms with Crippen LogP contribution in [0.25, 0.3) is 0 Å². The van der Waals surface area contributed by atoms with Crippen LogP contribution in [0.4, 0.5) is 5.69 Å². The molecule has 0 saturated carbocycles. The number of hydrogen-bond donors (Lipinski definition) is 0. The zero-order chi connectivity index (χ0) is 19.6. The van der Waals surface area contributed by atoms with Crippen LogP contribution in [-0.4, -0.2) is 18.9 Å². The Morgan fingerprint density at radius 2 is 1.67 bits per heavy atom. The second-order valence-electron chi connectivity index (χ2n) is 5.66. The molecule has 27 heavy (non-hydrogen) atoms. The fourth-order valence-electron chi connectivity index (χ4n) is 2.51. The summed E-state index contributed by atoms with van der Waals surface area (Å²) in [5.74, 6) is -0.508. The van der Waals surface area contributed by atoms with E-state index in [1.165, 1.54) is 35.0 Å². The van der Waals surface area contributed by atoms with Gasteiger partial charge in [0.25, 0.3) is 11.2 Å². The Bertz CT molecular complexity index is 1130. The van der Waals surface area contributed by atoms with Gasteiger partial charge >= 0.3 is 5.69 Å². The van der Waals surface area contributed by atoms with Crippen molar-refractivity contribution in [2.45, 2.75) is 6.54 Å². The Morgan fingerprint density at radius 3 is 2.26 bits per heavy atom. The summed E-state index contributed by atoms with van der Waals surface area (Å²) in [6, 6.07) is 13.9.